The van der Waals surface area contributed by atoms with Crippen LogP contribution in [-0.2, 0) is 0 Å². The van der Waals surface area contributed by atoms with Gasteiger partial charge in [0.2, 0.25) is 5.88 Å². The third-order valence-corrected chi connectivity index (χ3v) is 3.61. The Kier molecular flexibility index (Phi) is 4.81. The molecule has 0 amide bonds. The molecule has 0 unspecified atom stereocenters. The molecule has 20 heavy (non-hydrogen) atoms. The number of nitrogens with zero attached hydrogens (tertiary/aromatic N) is 2. The zero-order chi connectivity index (χ0) is 14.5. The highest BCUT2D eigenvalue weighted by atomic mass is 32.2. The van der Waals surface area contributed by atoms with E-state index in [-0.39, 0.29) is 5.92 Å². The first-order chi connectivity index (χ1) is 9.67. The average molecular weight is 290 g/mol. The molecule has 0 atom stereocenters. The number of aromatic nitrogens is 2. The van der Waals surface area contributed by atoms with E-state index < -0.39 is 0 Å². The molecule has 0 aliphatic rings. The molecule has 0 aliphatic carbocycles. The second kappa shape index (κ2) is 6.58. The van der Waals surface area contributed by atoms with E-state index in [0.717, 1.165) is 16.2 Å². The molecule has 0 saturated heterocycles. The number of hydrogen-bond acceptors (Lipinski definition) is 6. The Hall–Kier alpha value is -1.79. The summed E-state index contributed by atoms with van der Waals surface area (Å²) < 4.78 is 5.97. The molecule has 0 radical (unpaired) electrons. The van der Waals surface area contributed by atoms with Crippen molar-refractivity contribution in [2.75, 3.05) is 11.7 Å². The summed E-state index contributed by atoms with van der Waals surface area (Å²) in [6.07, 6.45) is 3.45. The molecule has 0 saturated carbocycles. The number of rotatable bonds is 5. The van der Waals surface area contributed by atoms with Crippen LogP contribution >= 0.6 is 11.8 Å². The number of hydrazine groups is 1. The number of nitrogens with two attached hydrogens (primary N) is 1. The SMILES string of the molecule is CSc1ccccc1Oc1ncnc(NN)c1C(C)C. The molecule has 0 aliphatic heterocycles. The molecule has 2 aromatic rings. The maximum Gasteiger partial charge on any atom is 0.227 e. The number of anilines is 1. The molecule has 106 valence electrons. The van der Waals surface area contributed by atoms with Gasteiger partial charge in [0.05, 0.1) is 5.56 Å². The van der Waals surface area contributed by atoms with Crippen molar-refractivity contribution in [3.63, 3.8) is 0 Å². The van der Waals surface area contributed by atoms with Crippen LogP contribution in [-0.4, -0.2) is 16.2 Å². The van der Waals surface area contributed by atoms with Gasteiger partial charge in [-0.15, -0.1) is 11.8 Å². The fourth-order valence-electron chi connectivity index (χ4n) is 1.90. The van der Waals surface area contributed by atoms with Crippen LogP contribution in [0.3, 0.4) is 0 Å². The average Bonchev–Trinajstić information content (AvgIpc) is 2.47. The summed E-state index contributed by atoms with van der Waals surface area (Å²) in [5, 5.41) is 0. The summed E-state index contributed by atoms with van der Waals surface area (Å²) in [6.45, 7) is 4.10. The standard InChI is InChI=1S/C14H18N4OS/c1-9(2)12-13(18-15)16-8-17-14(12)19-10-6-4-5-7-11(10)20-3/h4-9H,15H2,1-3H3,(H,16,17,18). The Bertz CT molecular complexity index is 589. The van der Waals surface area contributed by atoms with Gasteiger partial charge in [-0.25, -0.2) is 15.8 Å². The summed E-state index contributed by atoms with van der Waals surface area (Å²) in [5.41, 5.74) is 3.46. The summed E-state index contributed by atoms with van der Waals surface area (Å²) >= 11 is 1.63. The molecule has 0 bridgehead atoms. The summed E-state index contributed by atoms with van der Waals surface area (Å²) in [6, 6.07) is 7.86. The van der Waals surface area contributed by atoms with E-state index in [4.69, 9.17) is 10.6 Å². The lowest BCUT2D eigenvalue weighted by molar-refractivity contribution is 0.442. The van der Waals surface area contributed by atoms with Crippen molar-refractivity contribution in [1.29, 1.82) is 0 Å². The molecule has 0 fully saturated rings. The van der Waals surface area contributed by atoms with Gasteiger partial charge < -0.3 is 10.2 Å². The number of nitrogens with one attached hydrogen (secondary N) is 1. The van der Waals surface area contributed by atoms with E-state index in [1.165, 1.54) is 6.33 Å². The smallest absolute Gasteiger partial charge is 0.227 e. The normalized spacial score (nSPS) is 10.7. The fourth-order valence-corrected chi connectivity index (χ4v) is 2.43. The van der Waals surface area contributed by atoms with Gasteiger partial charge in [0, 0.05) is 4.90 Å². The van der Waals surface area contributed by atoms with Crippen LogP contribution in [0.4, 0.5) is 5.82 Å². The van der Waals surface area contributed by atoms with E-state index >= 15 is 0 Å². The Labute approximate surface area is 122 Å². The quantitative estimate of drug-likeness (QED) is 0.499. The van der Waals surface area contributed by atoms with E-state index in [9.17, 15) is 0 Å². The van der Waals surface area contributed by atoms with Crippen molar-refractivity contribution < 1.29 is 4.74 Å². The minimum atomic E-state index is 0.193. The highest BCUT2D eigenvalue weighted by molar-refractivity contribution is 7.98. The molecule has 6 heteroatoms. The molecule has 1 aromatic carbocycles. The topological polar surface area (TPSA) is 73.1 Å². The van der Waals surface area contributed by atoms with Crippen molar-refractivity contribution >= 4 is 17.6 Å². The second-order valence-corrected chi connectivity index (χ2v) is 5.34. The molecular weight excluding hydrogens is 272 g/mol. The highest BCUT2D eigenvalue weighted by Gasteiger charge is 2.17. The lowest BCUT2D eigenvalue weighted by atomic mass is 10.1. The van der Waals surface area contributed by atoms with Gasteiger partial charge >= 0.3 is 0 Å². The van der Waals surface area contributed by atoms with E-state index in [1.54, 1.807) is 11.8 Å². The molecule has 1 heterocycles. The van der Waals surface area contributed by atoms with E-state index in [2.05, 4.69) is 15.4 Å². The highest BCUT2D eigenvalue weighted by Crippen LogP contribution is 2.35. The van der Waals surface area contributed by atoms with Crippen LogP contribution in [0.15, 0.2) is 35.5 Å². The van der Waals surface area contributed by atoms with Gasteiger partial charge in [0.25, 0.3) is 0 Å². The fraction of sp³-hybridized carbons (Fsp3) is 0.286. The third kappa shape index (κ3) is 3.02. The third-order valence-electron chi connectivity index (χ3n) is 2.84. The maximum atomic E-state index is 5.97. The number of nitrogen functional groups attached to an aromatic ring is 1. The predicted molar refractivity (Wildman–Crippen MR) is 82.2 cm³/mol. The van der Waals surface area contributed by atoms with Gasteiger partial charge in [-0.05, 0) is 24.3 Å². The predicted octanol–water partition coefficient (Wildman–Crippen LogP) is 3.40. The molecule has 1 aromatic heterocycles. The van der Waals surface area contributed by atoms with Gasteiger partial charge in [0.15, 0.2) is 5.82 Å². The minimum Gasteiger partial charge on any atom is -0.437 e. The number of para-hydroxylation sites is 1. The largest absolute Gasteiger partial charge is 0.437 e. The van der Waals surface area contributed by atoms with Gasteiger partial charge in [-0.3, -0.25) is 0 Å². The summed E-state index contributed by atoms with van der Waals surface area (Å²) in [4.78, 5) is 9.43. The Morgan fingerprint density at radius 1 is 1.25 bits per heavy atom. The first-order valence-corrected chi connectivity index (χ1v) is 7.52. The van der Waals surface area contributed by atoms with Crippen molar-refractivity contribution in [2.45, 2.75) is 24.7 Å². The molecule has 3 N–H and O–H groups in total. The van der Waals surface area contributed by atoms with Crippen molar-refractivity contribution in [3.8, 4) is 11.6 Å². The first-order valence-electron chi connectivity index (χ1n) is 6.29. The van der Waals surface area contributed by atoms with Crippen LogP contribution in [0.2, 0.25) is 0 Å². The van der Waals surface area contributed by atoms with Gasteiger partial charge in [0.1, 0.15) is 12.1 Å². The Morgan fingerprint density at radius 3 is 2.65 bits per heavy atom. The Morgan fingerprint density at radius 2 is 2.00 bits per heavy atom. The number of hydrogen-bond donors (Lipinski definition) is 2. The number of ether oxygens (including phenoxy) is 1. The van der Waals surface area contributed by atoms with Crippen molar-refractivity contribution in [2.24, 2.45) is 5.84 Å². The van der Waals surface area contributed by atoms with Crippen LogP contribution in [0, 0.1) is 0 Å². The molecule has 5 nitrogen and oxygen atoms in total. The van der Waals surface area contributed by atoms with Gasteiger partial charge in [-0.2, -0.15) is 0 Å². The van der Waals surface area contributed by atoms with Crippen LogP contribution in [0.25, 0.3) is 0 Å². The lowest BCUT2D eigenvalue weighted by Gasteiger charge is -2.16. The van der Waals surface area contributed by atoms with Gasteiger partial charge in [-0.1, -0.05) is 26.0 Å². The first kappa shape index (κ1) is 14.6. The molecule has 0 spiro atoms. The summed E-state index contributed by atoms with van der Waals surface area (Å²) in [5.74, 6) is 7.60. The maximum absolute atomic E-state index is 5.97. The number of thioether (sulfide) groups is 1. The second-order valence-electron chi connectivity index (χ2n) is 4.49. The van der Waals surface area contributed by atoms with Crippen molar-refractivity contribution in [1.82, 2.24) is 9.97 Å². The van der Waals surface area contributed by atoms with E-state index in [0.29, 0.717) is 11.7 Å². The Balaban J connectivity index is 2.43. The molecular formula is C14H18N4OS. The van der Waals surface area contributed by atoms with E-state index in [1.807, 2.05) is 44.4 Å². The zero-order valence-corrected chi connectivity index (χ0v) is 12.6. The monoisotopic (exact) mass is 290 g/mol. The van der Waals surface area contributed by atoms with Crippen LogP contribution < -0.4 is 16.0 Å². The van der Waals surface area contributed by atoms with Crippen LogP contribution in [0.5, 0.6) is 11.6 Å². The lowest BCUT2D eigenvalue weighted by Crippen LogP contribution is -2.13. The van der Waals surface area contributed by atoms with Crippen LogP contribution in [0.1, 0.15) is 25.3 Å². The summed E-state index contributed by atoms with van der Waals surface area (Å²) in [7, 11) is 0. The molecule has 2 rings (SSSR count). The van der Waals surface area contributed by atoms with Crippen molar-refractivity contribution in [3.05, 3.63) is 36.2 Å². The minimum absolute atomic E-state index is 0.193. The zero-order valence-electron chi connectivity index (χ0n) is 11.8. The number of benzene rings is 1.